The summed E-state index contributed by atoms with van der Waals surface area (Å²) in [5.41, 5.74) is 9.46. The number of benzene rings is 2. The Balaban J connectivity index is 2.15. The van der Waals surface area contributed by atoms with E-state index in [4.69, 9.17) is 5.73 Å². The zero-order valence-electron chi connectivity index (χ0n) is 12.6. The van der Waals surface area contributed by atoms with Crippen LogP contribution in [0.5, 0.6) is 0 Å². The summed E-state index contributed by atoms with van der Waals surface area (Å²) in [6.07, 6.45) is 0. The maximum atomic E-state index is 11.4. The average Bonchev–Trinajstić information content (AvgIpc) is 2.84. The second kappa shape index (κ2) is 5.60. The van der Waals surface area contributed by atoms with Gasteiger partial charge in [-0.25, -0.2) is 4.98 Å². The first-order valence-electron chi connectivity index (χ1n) is 7.26. The van der Waals surface area contributed by atoms with E-state index in [0.717, 1.165) is 22.2 Å². The van der Waals surface area contributed by atoms with Crippen LogP contribution in [0.4, 0.5) is 5.95 Å². The Labute approximate surface area is 128 Å². The molecule has 1 heterocycles. The lowest BCUT2D eigenvalue weighted by molar-refractivity contribution is 0.626. The molecule has 2 aromatic carbocycles. The van der Waals surface area contributed by atoms with E-state index in [1.807, 2.05) is 53.1 Å². The minimum atomic E-state index is -0.526. The molecular formula is C17H18N4O. The van der Waals surface area contributed by atoms with E-state index >= 15 is 0 Å². The van der Waals surface area contributed by atoms with Gasteiger partial charge in [0.2, 0.25) is 5.95 Å². The van der Waals surface area contributed by atoms with E-state index in [1.165, 1.54) is 0 Å². The fourth-order valence-electron chi connectivity index (χ4n) is 2.79. The molecule has 0 radical (unpaired) electrons. The lowest BCUT2D eigenvalue weighted by Gasteiger charge is -2.13. The Morgan fingerprint density at radius 1 is 1.09 bits per heavy atom. The molecule has 0 aliphatic heterocycles. The third-order valence-corrected chi connectivity index (χ3v) is 3.79. The molecule has 0 amide bonds. The smallest absolute Gasteiger partial charge is 0.201 e. The number of rotatable bonds is 4. The molecule has 0 saturated carbocycles. The number of fused-ring (bicyclic) bond motifs is 1. The van der Waals surface area contributed by atoms with Gasteiger partial charge in [0.15, 0.2) is 0 Å². The molecule has 1 unspecified atom stereocenters. The van der Waals surface area contributed by atoms with Crippen LogP contribution < -0.4 is 5.73 Å². The molecule has 3 rings (SSSR count). The van der Waals surface area contributed by atoms with Crippen LogP contribution in [0.25, 0.3) is 11.0 Å². The molecule has 2 N–H and O–H groups in total. The molecule has 1 aromatic heterocycles. The SMILES string of the molecule is CC(C)n1c(N)nc2ccc(C(N=O)c3ccccc3)cc21. The topological polar surface area (TPSA) is 73.3 Å². The molecule has 22 heavy (non-hydrogen) atoms. The molecule has 112 valence electrons. The van der Waals surface area contributed by atoms with Crippen molar-refractivity contribution in [3.63, 3.8) is 0 Å². The quantitative estimate of drug-likeness (QED) is 0.737. The van der Waals surface area contributed by atoms with Crippen molar-refractivity contribution in [1.29, 1.82) is 0 Å². The molecule has 3 aromatic rings. The van der Waals surface area contributed by atoms with E-state index in [-0.39, 0.29) is 6.04 Å². The fraction of sp³-hybridized carbons (Fsp3) is 0.235. The van der Waals surface area contributed by atoms with Gasteiger partial charge in [-0.2, -0.15) is 0 Å². The van der Waals surface area contributed by atoms with Gasteiger partial charge in [-0.1, -0.05) is 41.6 Å². The molecule has 0 aliphatic rings. The van der Waals surface area contributed by atoms with Gasteiger partial charge in [-0.15, -0.1) is 4.91 Å². The third-order valence-electron chi connectivity index (χ3n) is 3.79. The molecule has 5 nitrogen and oxygen atoms in total. The summed E-state index contributed by atoms with van der Waals surface area (Å²) in [5.74, 6) is 0.484. The first kappa shape index (κ1) is 14.3. The average molecular weight is 294 g/mol. The maximum absolute atomic E-state index is 11.4. The minimum Gasteiger partial charge on any atom is -0.369 e. The summed E-state index contributed by atoms with van der Waals surface area (Å²) in [7, 11) is 0. The number of hydrogen-bond acceptors (Lipinski definition) is 4. The van der Waals surface area contributed by atoms with Crippen molar-refractivity contribution in [3.05, 3.63) is 64.6 Å². The Morgan fingerprint density at radius 3 is 2.45 bits per heavy atom. The number of anilines is 1. The van der Waals surface area contributed by atoms with Crippen molar-refractivity contribution in [2.45, 2.75) is 25.9 Å². The lowest BCUT2D eigenvalue weighted by atomic mass is 9.99. The van der Waals surface area contributed by atoms with Crippen LogP contribution in [-0.4, -0.2) is 9.55 Å². The van der Waals surface area contributed by atoms with Gasteiger partial charge < -0.3 is 10.3 Å². The third kappa shape index (κ3) is 2.35. The zero-order chi connectivity index (χ0) is 15.7. The van der Waals surface area contributed by atoms with Crippen LogP contribution in [0.2, 0.25) is 0 Å². The molecule has 0 aliphatic carbocycles. The highest BCUT2D eigenvalue weighted by atomic mass is 16.3. The van der Waals surface area contributed by atoms with E-state index in [1.54, 1.807) is 0 Å². The van der Waals surface area contributed by atoms with E-state index in [2.05, 4.69) is 24.0 Å². The van der Waals surface area contributed by atoms with Gasteiger partial charge in [0, 0.05) is 6.04 Å². The highest BCUT2D eigenvalue weighted by Crippen LogP contribution is 2.30. The standard InChI is InChI=1S/C17H18N4O/c1-11(2)21-15-10-13(8-9-14(15)19-17(21)18)16(20-22)12-6-4-3-5-7-12/h3-11,16H,1-2H3,(H2,18,19). The largest absolute Gasteiger partial charge is 0.369 e. The molecule has 0 fully saturated rings. The van der Waals surface area contributed by atoms with E-state index in [9.17, 15) is 4.91 Å². The highest BCUT2D eigenvalue weighted by molar-refractivity contribution is 5.79. The number of aromatic nitrogens is 2. The summed E-state index contributed by atoms with van der Waals surface area (Å²) in [5, 5.41) is 3.31. The van der Waals surface area contributed by atoms with Gasteiger partial charge in [0.1, 0.15) is 6.04 Å². The van der Waals surface area contributed by atoms with Crippen LogP contribution in [0.1, 0.15) is 37.1 Å². The van der Waals surface area contributed by atoms with Crippen LogP contribution in [-0.2, 0) is 0 Å². The summed E-state index contributed by atoms with van der Waals surface area (Å²) >= 11 is 0. The van der Waals surface area contributed by atoms with Crippen molar-refractivity contribution >= 4 is 17.0 Å². The van der Waals surface area contributed by atoms with Crippen LogP contribution in [0.3, 0.4) is 0 Å². The number of imidazole rings is 1. The van der Waals surface area contributed by atoms with Crippen LogP contribution in [0.15, 0.2) is 53.7 Å². The number of nitrogens with zero attached hydrogens (tertiary/aromatic N) is 3. The van der Waals surface area contributed by atoms with Crippen molar-refractivity contribution in [2.75, 3.05) is 5.73 Å². The van der Waals surface area contributed by atoms with Crippen LogP contribution >= 0.6 is 0 Å². The summed E-state index contributed by atoms with van der Waals surface area (Å²) in [4.78, 5) is 15.7. The van der Waals surface area contributed by atoms with Crippen LogP contribution in [0, 0.1) is 4.91 Å². The van der Waals surface area contributed by atoms with Crippen molar-refractivity contribution in [2.24, 2.45) is 5.18 Å². The van der Waals surface area contributed by atoms with Crippen molar-refractivity contribution < 1.29 is 0 Å². The minimum absolute atomic E-state index is 0.194. The molecule has 5 heteroatoms. The fourth-order valence-corrected chi connectivity index (χ4v) is 2.79. The lowest BCUT2D eigenvalue weighted by Crippen LogP contribution is -2.05. The van der Waals surface area contributed by atoms with Gasteiger partial charge in [0.05, 0.1) is 11.0 Å². The van der Waals surface area contributed by atoms with Gasteiger partial charge in [-0.3, -0.25) is 0 Å². The zero-order valence-corrected chi connectivity index (χ0v) is 12.6. The molecule has 1 atom stereocenters. The molecule has 0 bridgehead atoms. The number of nitroso groups, excluding NO2 is 1. The predicted molar refractivity (Wildman–Crippen MR) is 88.6 cm³/mol. The first-order valence-corrected chi connectivity index (χ1v) is 7.26. The Morgan fingerprint density at radius 2 is 1.82 bits per heavy atom. The second-order valence-electron chi connectivity index (χ2n) is 5.60. The van der Waals surface area contributed by atoms with Crippen molar-refractivity contribution in [1.82, 2.24) is 9.55 Å². The first-order chi connectivity index (χ1) is 10.6. The molecular weight excluding hydrogens is 276 g/mol. The van der Waals surface area contributed by atoms with E-state index in [0.29, 0.717) is 5.95 Å². The maximum Gasteiger partial charge on any atom is 0.201 e. The molecule has 0 saturated heterocycles. The summed E-state index contributed by atoms with van der Waals surface area (Å²) < 4.78 is 1.96. The van der Waals surface area contributed by atoms with Gasteiger partial charge in [-0.05, 0) is 37.1 Å². The van der Waals surface area contributed by atoms with Gasteiger partial charge in [0.25, 0.3) is 0 Å². The molecule has 0 spiro atoms. The normalized spacial score (nSPS) is 12.7. The Bertz CT molecular complexity index is 808. The van der Waals surface area contributed by atoms with E-state index < -0.39 is 6.04 Å². The number of nitrogen functional groups attached to an aromatic ring is 1. The number of hydrogen-bond donors (Lipinski definition) is 1. The van der Waals surface area contributed by atoms with Crippen molar-refractivity contribution in [3.8, 4) is 0 Å². The van der Waals surface area contributed by atoms with Gasteiger partial charge >= 0.3 is 0 Å². The monoisotopic (exact) mass is 294 g/mol. The Hall–Kier alpha value is -2.69. The number of nitrogens with two attached hydrogens (primary N) is 1. The summed E-state index contributed by atoms with van der Waals surface area (Å²) in [6, 6.07) is 14.9. The predicted octanol–water partition coefficient (Wildman–Crippen LogP) is 4.06. The summed E-state index contributed by atoms with van der Waals surface area (Å²) in [6.45, 7) is 4.10. The Kier molecular flexibility index (Phi) is 3.63. The highest BCUT2D eigenvalue weighted by Gasteiger charge is 2.17. The second-order valence-corrected chi connectivity index (χ2v) is 5.60.